The molecule has 2 rings (SSSR count). The van der Waals surface area contributed by atoms with Crippen molar-refractivity contribution in [3.8, 4) is 5.69 Å². The summed E-state index contributed by atoms with van der Waals surface area (Å²) < 4.78 is 15.0. The Hall–Kier alpha value is -1.55. The van der Waals surface area contributed by atoms with Gasteiger partial charge in [-0.2, -0.15) is 5.10 Å². The Balaban J connectivity index is 2.72. The fourth-order valence-electron chi connectivity index (χ4n) is 1.48. The van der Waals surface area contributed by atoms with E-state index in [0.29, 0.717) is 5.82 Å². The molecular weight excluding hydrogens is 229 g/mol. The highest BCUT2D eigenvalue weighted by Gasteiger charge is 2.15. The Morgan fingerprint density at radius 2 is 2.06 bits per heavy atom. The fraction of sp³-hybridized carbons (Fsp3) is 0.182. The molecule has 1 aromatic carbocycles. The van der Waals surface area contributed by atoms with E-state index in [-0.39, 0.29) is 10.7 Å². The number of anilines is 1. The number of halogens is 2. The smallest absolute Gasteiger partial charge is 0.150 e. The lowest BCUT2D eigenvalue weighted by Gasteiger charge is -2.07. The normalized spacial score (nSPS) is 10.8. The van der Waals surface area contributed by atoms with Crippen LogP contribution >= 0.6 is 11.6 Å². The SMILES string of the molecule is Cc1nn(-c2c(F)cccc2Cl)c(N)c1C. The van der Waals surface area contributed by atoms with E-state index in [4.69, 9.17) is 17.3 Å². The Morgan fingerprint density at radius 1 is 1.38 bits per heavy atom. The van der Waals surface area contributed by atoms with Crippen LogP contribution in [0.15, 0.2) is 18.2 Å². The van der Waals surface area contributed by atoms with Gasteiger partial charge >= 0.3 is 0 Å². The molecule has 0 aliphatic heterocycles. The maximum Gasteiger partial charge on any atom is 0.150 e. The molecule has 1 heterocycles. The fourth-order valence-corrected chi connectivity index (χ4v) is 1.73. The topological polar surface area (TPSA) is 43.8 Å². The summed E-state index contributed by atoms with van der Waals surface area (Å²) in [5, 5.41) is 4.46. The molecule has 0 saturated heterocycles. The summed E-state index contributed by atoms with van der Waals surface area (Å²) in [6.07, 6.45) is 0. The second-order valence-electron chi connectivity index (χ2n) is 3.58. The molecule has 1 aromatic heterocycles. The second-order valence-corrected chi connectivity index (χ2v) is 3.98. The van der Waals surface area contributed by atoms with Crippen LogP contribution in [-0.4, -0.2) is 9.78 Å². The van der Waals surface area contributed by atoms with Crippen molar-refractivity contribution < 1.29 is 4.39 Å². The zero-order valence-corrected chi connectivity index (χ0v) is 9.72. The largest absolute Gasteiger partial charge is 0.383 e. The molecule has 0 spiro atoms. The summed E-state index contributed by atoms with van der Waals surface area (Å²) >= 11 is 5.94. The summed E-state index contributed by atoms with van der Waals surface area (Å²) in [6, 6.07) is 4.47. The molecule has 0 fully saturated rings. The van der Waals surface area contributed by atoms with E-state index in [2.05, 4.69) is 5.10 Å². The van der Waals surface area contributed by atoms with Crippen LogP contribution < -0.4 is 5.73 Å². The highest BCUT2D eigenvalue weighted by Crippen LogP contribution is 2.27. The third-order valence-electron chi connectivity index (χ3n) is 2.55. The minimum atomic E-state index is -0.443. The molecule has 84 valence electrons. The molecule has 0 aliphatic carbocycles. The zero-order valence-electron chi connectivity index (χ0n) is 8.96. The van der Waals surface area contributed by atoms with E-state index < -0.39 is 5.82 Å². The minimum absolute atomic E-state index is 0.192. The van der Waals surface area contributed by atoms with Crippen molar-refractivity contribution in [3.63, 3.8) is 0 Å². The molecule has 5 heteroatoms. The zero-order chi connectivity index (χ0) is 11.9. The monoisotopic (exact) mass is 239 g/mol. The van der Waals surface area contributed by atoms with Gasteiger partial charge in [0.25, 0.3) is 0 Å². The second kappa shape index (κ2) is 3.79. The van der Waals surface area contributed by atoms with E-state index in [1.54, 1.807) is 12.1 Å². The van der Waals surface area contributed by atoms with Gasteiger partial charge in [0.2, 0.25) is 0 Å². The summed E-state index contributed by atoms with van der Waals surface area (Å²) in [4.78, 5) is 0. The van der Waals surface area contributed by atoms with Gasteiger partial charge in [-0.25, -0.2) is 9.07 Å². The number of aromatic nitrogens is 2. The molecule has 0 amide bonds. The third-order valence-corrected chi connectivity index (χ3v) is 2.86. The number of hydrogen-bond acceptors (Lipinski definition) is 2. The number of nitrogen functional groups attached to an aromatic ring is 1. The molecule has 0 atom stereocenters. The van der Waals surface area contributed by atoms with Crippen LogP contribution in [0.5, 0.6) is 0 Å². The quantitative estimate of drug-likeness (QED) is 0.832. The summed E-state index contributed by atoms with van der Waals surface area (Å²) in [5.41, 5.74) is 7.63. The highest BCUT2D eigenvalue weighted by atomic mass is 35.5. The number of benzene rings is 1. The standard InChI is InChI=1S/C11H11ClFN3/c1-6-7(2)15-16(11(6)14)10-8(12)4-3-5-9(10)13/h3-5H,14H2,1-2H3. The number of nitrogens with two attached hydrogens (primary N) is 1. The van der Waals surface area contributed by atoms with Crippen LogP contribution in [0.25, 0.3) is 5.69 Å². The predicted octanol–water partition coefficient (Wildman–Crippen LogP) is 2.86. The number of aryl methyl sites for hydroxylation is 1. The molecule has 0 aliphatic rings. The maximum absolute atomic E-state index is 13.7. The van der Waals surface area contributed by atoms with Crippen molar-refractivity contribution in [1.82, 2.24) is 9.78 Å². The first-order chi connectivity index (χ1) is 7.52. The van der Waals surface area contributed by atoms with Crippen LogP contribution in [0.2, 0.25) is 5.02 Å². The van der Waals surface area contributed by atoms with Gasteiger partial charge in [-0.15, -0.1) is 0 Å². The van der Waals surface area contributed by atoms with Gasteiger partial charge in [0.1, 0.15) is 17.3 Å². The lowest BCUT2D eigenvalue weighted by atomic mass is 10.2. The van der Waals surface area contributed by atoms with Crippen molar-refractivity contribution in [2.45, 2.75) is 13.8 Å². The Kier molecular flexibility index (Phi) is 2.59. The van der Waals surface area contributed by atoms with Crippen LogP contribution in [-0.2, 0) is 0 Å². The van der Waals surface area contributed by atoms with Gasteiger partial charge in [0, 0.05) is 5.56 Å². The van der Waals surface area contributed by atoms with Crippen LogP contribution in [0.1, 0.15) is 11.3 Å². The lowest BCUT2D eigenvalue weighted by molar-refractivity contribution is 0.611. The van der Waals surface area contributed by atoms with Gasteiger partial charge in [0.15, 0.2) is 0 Å². The van der Waals surface area contributed by atoms with Crippen molar-refractivity contribution in [2.75, 3.05) is 5.73 Å². The van der Waals surface area contributed by atoms with Crippen LogP contribution in [0.4, 0.5) is 10.2 Å². The summed E-state index contributed by atoms with van der Waals surface area (Å²) in [7, 11) is 0. The van der Waals surface area contributed by atoms with Crippen molar-refractivity contribution in [2.24, 2.45) is 0 Å². The van der Waals surface area contributed by atoms with Crippen molar-refractivity contribution >= 4 is 17.4 Å². The molecule has 2 aromatic rings. The molecule has 0 bridgehead atoms. The minimum Gasteiger partial charge on any atom is -0.383 e. The van der Waals surface area contributed by atoms with E-state index in [0.717, 1.165) is 11.3 Å². The van der Waals surface area contributed by atoms with Crippen molar-refractivity contribution in [1.29, 1.82) is 0 Å². The first-order valence-corrected chi connectivity index (χ1v) is 5.16. The number of para-hydroxylation sites is 1. The van der Waals surface area contributed by atoms with Gasteiger partial charge in [-0.3, -0.25) is 0 Å². The molecule has 2 N–H and O–H groups in total. The number of rotatable bonds is 1. The Bertz CT molecular complexity index is 528. The highest BCUT2D eigenvalue weighted by molar-refractivity contribution is 6.32. The average molecular weight is 240 g/mol. The molecule has 0 saturated carbocycles. The molecule has 3 nitrogen and oxygen atoms in total. The van der Waals surface area contributed by atoms with Crippen LogP contribution in [0, 0.1) is 19.7 Å². The van der Waals surface area contributed by atoms with Gasteiger partial charge in [0.05, 0.1) is 10.7 Å². The van der Waals surface area contributed by atoms with E-state index in [9.17, 15) is 4.39 Å². The maximum atomic E-state index is 13.7. The average Bonchev–Trinajstić information content (AvgIpc) is 2.47. The van der Waals surface area contributed by atoms with Crippen LogP contribution in [0.3, 0.4) is 0 Å². The summed E-state index contributed by atoms with van der Waals surface area (Å²) in [6.45, 7) is 3.65. The molecular formula is C11H11ClFN3. The predicted molar refractivity (Wildman–Crippen MR) is 62.4 cm³/mol. The van der Waals surface area contributed by atoms with Gasteiger partial charge in [-0.1, -0.05) is 17.7 Å². The lowest BCUT2D eigenvalue weighted by Crippen LogP contribution is -2.05. The van der Waals surface area contributed by atoms with Crippen molar-refractivity contribution in [3.05, 3.63) is 40.3 Å². The molecule has 16 heavy (non-hydrogen) atoms. The van der Waals surface area contributed by atoms with Gasteiger partial charge < -0.3 is 5.73 Å². The first kappa shape index (κ1) is 11.0. The van der Waals surface area contributed by atoms with E-state index in [1.807, 2.05) is 13.8 Å². The number of nitrogens with zero attached hydrogens (tertiary/aromatic N) is 2. The third kappa shape index (κ3) is 1.55. The molecule has 0 radical (unpaired) electrons. The van der Waals surface area contributed by atoms with E-state index >= 15 is 0 Å². The Morgan fingerprint density at radius 3 is 2.56 bits per heavy atom. The summed E-state index contributed by atoms with van der Waals surface area (Å²) in [5.74, 6) is -0.0359. The Labute approximate surface area is 97.6 Å². The molecule has 0 unspecified atom stereocenters. The number of hydrogen-bond donors (Lipinski definition) is 1. The van der Waals surface area contributed by atoms with Gasteiger partial charge in [-0.05, 0) is 26.0 Å². The van der Waals surface area contributed by atoms with E-state index in [1.165, 1.54) is 10.7 Å². The first-order valence-electron chi connectivity index (χ1n) is 4.78.